The van der Waals surface area contributed by atoms with Crippen molar-refractivity contribution in [1.29, 1.82) is 0 Å². The third-order valence-electron chi connectivity index (χ3n) is 3.74. The average Bonchev–Trinajstić information content (AvgIpc) is 2.71. The Hall–Kier alpha value is -3.28. The lowest BCUT2D eigenvalue weighted by Crippen LogP contribution is -2.18. The van der Waals surface area contributed by atoms with Crippen molar-refractivity contribution >= 4 is 18.0 Å². The molecule has 0 radical (unpaired) electrons. The third-order valence-corrected chi connectivity index (χ3v) is 3.74. The summed E-state index contributed by atoms with van der Waals surface area (Å²) in [7, 11) is 1.50. The van der Waals surface area contributed by atoms with Crippen LogP contribution in [0.1, 0.15) is 25.0 Å². The fourth-order valence-electron chi connectivity index (χ4n) is 2.42. The minimum Gasteiger partial charge on any atom is -0.496 e. The van der Waals surface area contributed by atoms with E-state index in [9.17, 15) is 9.59 Å². The quantitative estimate of drug-likeness (QED) is 0.284. The summed E-state index contributed by atoms with van der Waals surface area (Å²) in [5, 5.41) is 0. The van der Waals surface area contributed by atoms with E-state index in [0.717, 1.165) is 5.56 Å². The molecule has 148 valence electrons. The van der Waals surface area contributed by atoms with Crippen LogP contribution in [-0.2, 0) is 25.7 Å². The van der Waals surface area contributed by atoms with Gasteiger partial charge in [-0.25, -0.2) is 9.59 Å². The first kappa shape index (κ1) is 21.0. The molecule has 0 aliphatic carbocycles. The van der Waals surface area contributed by atoms with E-state index in [4.69, 9.17) is 18.9 Å². The number of rotatable bonds is 9. The van der Waals surface area contributed by atoms with Crippen LogP contribution in [0.4, 0.5) is 0 Å². The lowest BCUT2D eigenvalue weighted by Gasteiger charge is -2.11. The molecule has 0 amide bonds. The Morgan fingerprint density at radius 1 is 0.929 bits per heavy atom. The van der Waals surface area contributed by atoms with Gasteiger partial charge in [-0.05, 0) is 37.6 Å². The molecule has 0 aliphatic heterocycles. The van der Waals surface area contributed by atoms with E-state index in [1.165, 1.54) is 13.2 Å². The highest BCUT2D eigenvalue weighted by molar-refractivity contribution is 6.17. The van der Waals surface area contributed by atoms with Gasteiger partial charge in [0.2, 0.25) is 0 Å². The summed E-state index contributed by atoms with van der Waals surface area (Å²) < 4.78 is 21.1. The van der Waals surface area contributed by atoms with Gasteiger partial charge in [0.05, 0.1) is 20.3 Å². The van der Waals surface area contributed by atoms with E-state index in [1.807, 2.05) is 30.3 Å². The number of methoxy groups -OCH3 is 1. The van der Waals surface area contributed by atoms with E-state index in [-0.39, 0.29) is 18.8 Å². The number of carbonyl (C=O) groups is 2. The van der Waals surface area contributed by atoms with Crippen LogP contribution < -0.4 is 9.47 Å². The topological polar surface area (TPSA) is 71.1 Å². The van der Waals surface area contributed by atoms with Gasteiger partial charge in [0.1, 0.15) is 23.7 Å². The second kappa shape index (κ2) is 10.8. The van der Waals surface area contributed by atoms with Gasteiger partial charge >= 0.3 is 11.9 Å². The molecule has 0 bridgehead atoms. The molecule has 0 atom stereocenters. The second-order valence-electron chi connectivity index (χ2n) is 5.68. The predicted octanol–water partition coefficient (Wildman–Crippen LogP) is 3.78. The summed E-state index contributed by atoms with van der Waals surface area (Å²) in [6.07, 6.45) is 1.40. The Labute approximate surface area is 164 Å². The van der Waals surface area contributed by atoms with E-state index < -0.39 is 11.9 Å². The van der Waals surface area contributed by atoms with Gasteiger partial charge in [-0.15, -0.1) is 0 Å². The molecular weight excluding hydrogens is 360 g/mol. The molecule has 6 heteroatoms. The molecule has 0 saturated carbocycles. The molecule has 0 N–H and O–H groups in total. The van der Waals surface area contributed by atoms with Gasteiger partial charge < -0.3 is 18.9 Å². The van der Waals surface area contributed by atoms with Crippen LogP contribution in [0, 0.1) is 0 Å². The summed E-state index contributed by atoms with van der Waals surface area (Å²) in [5.41, 5.74) is 1.38. The molecule has 0 spiro atoms. The molecule has 0 aromatic heterocycles. The van der Waals surface area contributed by atoms with Crippen molar-refractivity contribution in [2.75, 3.05) is 20.3 Å². The smallest absolute Gasteiger partial charge is 0.345 e. The number of hydrogen-bond donors (Lipinski definition) is 0. The standard InChI is InChI=1S/C22H24O6/c1-4-26-21(23)19(22(24)27-5-2)13-17-11-12-18(14-20(17)25-3)28-15-16-9-7-6-8-10-16/h6-14H,4-5,15H2,1-3H3. The molecule has 2 aromatic carbocycles. The number of esters is 2. The Balaban J connectivity index is 2.26. The fraction of sp³-hybridized carbons (Fsp3) is 0.273. The molecular formula is C22H24O6. The number of benzene rings is 2. The number of ether oxygens (including phenoxy) is 4. The van der Waals surface area contributed by atoms with Crippen molar-refractivity contribution in [3.8, 4) is 11.5 Å². The second-order valence-corrected chi connectivity index (χ2v) is 5.68. The Morgan fingerprint density at radius 2 is 1.57 bits per heavy atom. The molecule has 0 unspecified atom stereocenters. The van der Waals surface area contributed by atoms with E-state index >= 15 is 0 Å². The molecule has 0 fully saturated rings. The van der Waals surface area contributed by atoms with Gasteiger partial charge in [0.25, 0.3) is 0 Å². The maximum absolute atomic E-state index is 12.1. The maximum atomic E-state index is 12.1. The normalized spacial score (nSPS) is 9.96. The van der Waals surface area contributed by atoms with Crippen molar-refractivity contribution in [3.63, 3.8) is 0 Å². The zero-order valence-electron chi connectivity index (χ0n) is 16.3. The van der Waals surface area contributed by atoms with Crippen molar-refractivity contribution < 1.29 is 28.5 Å². The van der Waals surface area contributed by atoms with Gasteiger partial charge in [0, 0.05) is 11.6 Å². The number of hydrogen-bond acceptors (Lipinski definition) is 6. The van der Waals surface area contributed by atoms with Crippen molar-refractivity contribution in [2.45, 2.75) is 20.5 Å². The SMILES string of the molecule is CCOC(=O)C(=Cc1ccc(OCc2ccccc2)cc1OC)C(=O)OCC. The lowest BCUT2D eigenvalue weighted by atomic mass is 10.1. The van der Waals surface area contributed by atoms with Crippen LogP contribution in [-0.4, -0.2) is 32.3 Å². The summed E-state index contributed by atoms with van der Waals surface area (Å²) in [4.78, 5) is 24.3. The summed E-state index contributed by atoms with van der Waals surface area (Å²) in [6.45, 7) is 4.05. The molecule has 0 saturated heterocycles. The lowest BCUT2D eigenvalue weighted by molar-refractivity contribution is -0.146. The Morgan fingerprint density at radius 3 is 2.14 bits per heavy atom. The van der Waals surface area contributed by atoms with Crippen molar-refractivity contribution in [2.24, 2.45) is 0 Å². The molecule has 0 aliphatic rings. The van der Waals surface area contributed by atoms with Gasteiger partial charge in [-0.1, -0.05) is 30.3 Å². The van der Waals surface area contributed by atoms with E-state index in [0.29, 0.717) is 23.7 Å². The average molecular weight is 384 g/mol. The van der Waals surface area contributed by atoms with Crippen LogP contribution in [0.25, 0.3) is 6.08 Å². The van der Waals surface area contributed by atoms with E-state index in [2.05, 4.69) is 0 Å². The van der Waals surface area contributed by atoms with Crippen LogP contribution in [0.2, 0.25) is 0 Å². The summed E-state index contributed by atoms with van der Waals surface area (Å²) in [6, 6.07) is 14.9. The third kappa shape index (κ3) is 5.87. The van der Waals surface area contributed by atoms with Crippen molar-refractivity contribution in [3.05, 3.63) is 65.2 Å². The van der Waals surface area contributed by atoms with Gasteiger partial charge in [-0.2, -0.15) is 0 Å². The maximum Gasteiger partial charge on any atom is 0.345 e. The van der Waals surface area contributed by atoms with E-state index in [1.54, 1.807) is 32.0 Å². The Kier molecular flexibility index (Phi) is 8.09. The van der Waals surface area contributed by atoms with Gasteiger partial charge in [-0.3, -0.25) is 0 Å². The minimum absolute atomic E-state index is 0.152. The molecule has 6 nitrogen and oxygen atoms in total. The minimum atomic E-state index is -0.743. The summed E-state index contributed by atoms with van der Waals surface area (Å²) >= 11 is 0. The molecule has 28 heavy (non-hydrogen) atoms. The highest BCUT2D eigenvalue weighted by atomic mass is 16.6. The first-order valence-corrected chi connectivity index (χ1v) is 8.99. The molecule has 0 heterocycles. The van der Waals surface area contributed by atoms with Crippen LogP contribution in [0.15, 0.2) is 54.1 Å². The fourth-order valence-corrected chi connectivity index (χ4v) is 2.42. The molecule has 2 rings (SSSR count). The molecule has 2 aromatic rings. The highest BCUT2D eigenvalue weighted by Crippen LogP contribution is 2.27. The monoisotopic (exact) mass is 384 g/mol. The van der Waals surface area contributed by atoms with Crippen LogP contribution >= 0.6 is 0 Å². The Bertz CT molecular complexity index is 806. The zero-order valence-corrected chi connectivity index (χ0v) is 16.3. The zero-order chi connectivity index (χ0) is 20.4. The van der Waals surface area contributed by atoms with Crippen LogP contribution in [0.5, 0.6) is 11.5 Å². The van der Waals surface area contributed by atoms with Crippen LogP contribution in [0.3, 0.4) is 0 Å². The first-order valence-electron chi connectivity index (χ1n) is 8.99. The first-order chi connectivity index (χ1) is 13.6. The van der Waals surface area contributed by atoms with Crippen molar-refractivity contribution in [1.82, 2.24) is 0 Å². The number of carbonyl (C=O) groups excluding carboxylic acids is 2. The highest BCUT2D eigenvalue weighted by Gasteiger charge is 2.22. The summed E-state index contributed by atoms with van der Waals surface area (Å²) in [5.74, 6) is -0.428. The largest absolute Gasteiger partial charge is 0.496 e. The van der Waals surface area contributed by atoms with Gasteiger partial charge in [0.15, 0.2) is 0 Å². The predicted molar refractivity (Wildman–Crippen MR) is 105 cm³/mol.